The molecule has 0 aliphatic rings. The molecule has 0 radical (unpaired) electrons. The molecular formula is C19H24N2O3S2. The van der Waals surface area contributed by atoms with E-state index >= 15 is 0 Å². The molecule has 7 heteroatoms. The summed E-state index contributed by atoms with van der Waals surface area (Å²) in [5.74, 6) is 0.873. The van der Waals surface area contributed by atoms with E-state index in [1.807, 2.05) is 37.3 Å². The van der Waals surface area contributed by atoms with Crippen molar-refractivity contribution in [2.45, 2.75) is 24.1 Å². The summed E-state index contributed by atoms with van der Waals surface area (Å²) < 4.78 is 25.5. The summed E-state index contributed by atoms with van der Waals surface area (Å²) >= 11 is 1.46. The van der Waals surface area contributed by atoms with E-state index in [9.17, 15) is 13.2 Å². The summed E-state index contributed by atoms with van der Waals surface area (Å²) in [5.41, 5.74) is 3.13. The van der Waals surface area contributed by atoms with Gasteiger partial charge in [-0.1, -0.05) is 42.0 Å². The quantitative estimate of drug-likeness (QED) is 0.750. The Morgan fingerprint density at radius 3 is 2.42 bits per heavy atom. The Hall–Kier alpha value is -1.83. The Labute approximate surface area is 159 Å². The van der Waals surface area contributed by atoms with Crippen LogP contribution in [-0.4, -0.2) is 38.5 Å². The number of aryl methyl sites for hydroxylation is 1. The van der Waals surface area contributed by atoms with Crippen molar-refractivity contribution in [3.63, 3.8) is 0 Å². The first-order valence-corrected chi connectivity index (χ1v) is 10.8. The highest BCUT2D eigenvalue weighted by Crippen LogP contribution is 2.18. The van der Waals surface area contributed by atoms with Gasteiger partial charge in [0.15, 0.2) is 0 Å². The molecule has 1 N–H and O–H groups in total. The molecule has 0 atom stereocenters. The van der Waals surface area contributed by atoms with Crippen LogP contribution in [0.25, 0.3) is 0 Å². The van der Waals surface area contributed by atoms with Gasteiger partial charge in [-0.2, -0.15) is 0 Å². The molecule has 5 nitrogen and oxygen atoms in total. The molecule has 0 heterocycles. The third kappa shape index (κ3) is 5.86. The van der Waals surface area contributed by atoms with Crippen LogP contribution in [0.2, 0.25) is 0 Å². The zero-order chi connectivity index (χ0) is 19.2. The van der Waals surface area contributed by atoms with Crippen molar-refractivity contribution < 1.29 is 13.2 Å². The van der Waals surface area contributed by atoms with Gasteiger partial charge in [0.2, 0.25) is 15.9 Å². The Morgan fingerprint density at radius 1 is 1.08 bits per heavy atom. The molecule has 2 rings (SSSR count). The van der Waals surface area contributed by atoms with Crippen LogP contribution >= 0.6 is 11.8 Å². The molecule has 0 saturated heterocycles. The first-order chi connectivity index (χ1) is 12.3. The number of nitrogens with one attached hydrogen (secondary N) is 1. The molecule has 0 aromatic heterocycles. The van der Waals surface area contributed by atoms with Gasteiger partial charge in [0, 0.05) is 26.4 Å². The molecule has 0 aliphatic heterocycles. The lowest BCUT2D eigenvalue weighted by molar-refractivity contribution is -0.118. The van der Waals surface area contributed by atoms with Crippen molar-refractivity contribution in [2.75, 3.05) is 19.8 Å². The van der Waals surface area contributed by atoms with Gasteiger partial charge < -0.3 is 5.32 Å². The second-order valence-electron chi connectivity index (χ2n) is 6.19. The summed E-state index contributed by atoms with van der Waals surface area (Å²) in [4.78, 5) is 12.2. The zero-order valence-corrected chi connectivity index (χ0v) is 16.9. The minimum Gasteiger partial charge on any atom is -0.351 e. The Kier molecular flexibility index (Phi) is 7.25. The number of carbonyl (C=O) groups excluding carboxylic acids is 1. The fourth-order valence-corrected chi connectivity index (χ4v) is 4.00. The van der Waals surface area contributed by atoms with Crippen LogP contribution in [-0.2, 0) is 27.1 Å². The Balaban J connectivity index is 1.82. The van der Waals surface area contributed by atoms with Crippen molar-refractivity contribution in [1.29, 1.82) is 0 Å². The van der Waals surface area contributed by atoms with Gasteiger partial charge >= 0.3 is 0 Å². The van der Waals surface area contributed by atoms with E-state index in [4.69, 9.17) is 0 Å². The molecular weight excluding hydrogens is 368 g/mol. The van der Waals surface area contributed by atoms with Crippen molar-refractivity contribution in [2.24, 2.45) is 0 Å². The zero-order valence-electron chi connectivity index (χ0n) is 15.2. The van der Waals surface area contributed by atoms with E-state index in [1.165, 1.54) is 35.7 Å². The number of sulfonamides is 1. The van der Waals surface area contributed by atoms with Crippen LogP contribution in [0.1, 0.15) is 16.7 Å². The molecule has 0 bridgehead atoms. The molecule has 0 fully saturated rings. The van der Waals surface area contributed by atoms with E-state index in [0.717, 1.165) is 11.1 Å². The molecule has 0 unspecified atom stereocenters. The van der Waals surface area contributed by atoms with Crippen molar-refractivity contribution in [3.8, 4) is 0 Å². The van der Waals surface area contributed by atoms with Gasteiger partial charge in [0.05, 0.1) is 10.6 Å². The van der Waals surface area contributed by atoms with Gasteiger partial charge in [-0.3, -0.25) is 4.79 Å². The first-order valence-electron chi connectivity index (χ1n) is 8.20. The molecule has 0 saturated carbocycles. The lowest BCUT2D eigenvalue weighted by Gasteiger charge is -2.12. The van der Waals surface area contributed by atoms with Crippen LogP contribution in [0.3, 0.4) is 0 Å². The number of hydrogen-bond donors (Lipinski definition) is 1. The van der Waals surface area contributed by atoms with Gasteiger partial charge in [0.25, 0.3) is 0 Å². The third-order valence-corrected chi connectivity index (χ3v) is 6.60. The van der Waals surface area contributed by atoms with E-state index in [1.54, 1.807) is 18.2 Å². The summed E-state index contributed by atoms with van der Waals surface area (Å²) in [7, 11) is -0.420. The number of thioether (sulfide) groups is 1. The maximum Gasteiger partial charge on any atom is 0.242 e. The SMILES string of the molecule is Cc1ccc(CNC(=O)CSCc2cccc(S(=O)(=O)N(C)C)c2)cc1. The highest BCUT2D eigenvalue weighted by atomic mass is 32.2. The molecule has 0 aliphatic carbocycles. The Bertz CT molecular complexity index is 847. The van der Waals surface area contributed by atoms with Crippen LogP contribution in [0.5, 0.6) is 0 Å². The number of nitrogens with zero attached hydrogens (tertiary/aromatic N) is 1. The molecule has 2 aromatic carbocycles. The van der Waals surface area contributed by atoms with Crippen molar-refractivity contribution >= 4 is 27.7 Å². The summed E-state index contributed by atoms with van der Waals surface area (Å²) in [5, 5.41) is 2.89. The van der Waals surface area contributed by atoms with Crippen LogP contribution in [0.15, 0.2) is 53.4 Å². The number of carbonyl (C=O) groups is 1. The molecule has 1 amide bonds. The predicted molar refractivity (Wildman–Crippen MR) is 107 cm³/mol. The standard InChI is InChI=1S/C19H24N2O3S2/c1-15-7-9-16(10-8-15)12-20-19(22)14-25-13-17-5-4-6-18(11-17)26(23,24)21(2)3/h4-11H,12-14H2,1-3H3,(H,20,22). The molecule has 26 heavy (non-hydrogen) atoms. The van der Waals surface area contributed by atoms with E-state index in [2.05, 4.69) is 5.32 Å². The largest absolute Gasteiger partial charge is 0.351 e. The second kappa shape index (κ2) is 9.21. The lowest BCUT2D eigenvalue weighted by atomic mass is 10.1. The van der Waals surface area contributed by atoms with E-state index in [0.29, 0.717) is 18.1 Å². The van der Waals surface area contributed by atoms with E-state index in [-0.39, 0.29) is 10.8 Å². The average molecular weight is 393 g/mol. The van der Waals surface area contributed by atoms with Gasteiger partial charge in [0.1, 0.15) is 0 Å². The van der Waals surface area contributed by atoms with Crippen LogP contribution in [0.4, 0.5) is 0 Å². The fourth-order valence-electron chi connectivity index (χ4n) is 2.23. The number of benzene rings is 2. The monoisotopic (exact) mass is 392 g/mol. The first kappa shape index (κ1) is 20.5. The highest BCUT2D eigenvalue weighted by Gasteiger charge is 2.17. The molecule has 0 spiro atoms. The van der Waals surface area contributed by atoms with Crippen LogP contribution in [0, 0.1) is 6.92 Å². The van der Waals surface area contributed by atoms with Crippen molar-refractivity contribution in [3.05, 3.63) is 65.2 Å². The molecule has 2 aromatic rings. The van der Waals surface area contributed by atoms with Gasteiger partial charge in [-0.25, -0.2) is 12.7 Å². The predicted octanol–water partition coefficient (Wildman–Crippen LogP) is 2.79. The van der Waals surface area contributed by atoms with Crippen molar-refractivity contribution in [1.82, 2.24) is 9.62 Å². The van der Waals surface area contributed by atoms with Gasteiger partial charge in [-0.05, 0) is 30.2 Å². The summed E-state index contributed by atoms with van der Waals surface area (Å²) in [6.45, 7) is 2.54. The lowest BCUT2D eigenvalue weighted by Crippen LogP contribution is -2.24. The number of hydrogen-bond acceptors (Lipinski definition) is 4. The third-order valence-electron chi connectivity index (χ3n) is 3.79. The maximum absolute atomic E-state index is 12.2. The minimum absolute atomic E-state index is 0.0346. The van der Waals surface area contributed by atoms with E-state index < -0.39 is 10.0 Å². The summed E-state index contributed by atoms with van der Waals surface area (Å²) in [6.07, 6.45) is 0. The summed E-state index contributed by atoms with van der Waals surface area (Å²) in [6, 6.07) is 14.9. The van der Waals surface area contributed by atoms with Crippen LogP contribution < -0.4 is 5.32 Å². The topological polar surface area (TPSA) is 66.5 Å². The maximum atomic E-state index is 12.2. The number of rotatable bonds is 8. The average Bonchev–Trinajstić information content (AvgIpc) is 2.61. The Morgan fingerprint density at radius 2 is 1.77 bits per heavy atom. The van der Waals surface area contributed by atoms with Gasteiger partial charge in [-0.15, -0.1) is 11.8 Å². The normalized spacial score (nSPS) is 11.5. The second-order valence-corrected chi connectivity index (χ2v) is 9.33. The fraction of sp³-hybridized carbons (Fsp3) is 0.316. The smallest absolute Gasteiger partial charge is 0.242 e. The molecule has 140 valence electrons. The highest BCUT2D eigenvalue weighted by molar-refractivity contribution is 7.99. The number of amides is 1. The minimum atomic E-state index is -3.44.